The van der Waals surface area contributed by atoms with Gasteiger partial charge in [0.15, 0.2) is 5.13 Å². The first kappa shape index (κ1) is 15.1. The largest absolute Gasteiger partial charge is 0.382 e. The molecule has 1 amide bonds. The van der Waals surface area contributed by atoms with Gasteiger partial charge in [0, 0.05) is 19.1 Å². The van der Waals surface area contributed by atoms with E-state index in [9.17, 15) is 4.79 Å². The average molecular weight is 296 g/mol. The molecule has 0 atom stereocenters. The van der Waals surface area contributed by atoms with E-state index in [0.29, 0.717) is 29.2 Å². The van der Waals surface area contributed by atoms with Crippen molar-refractivity contribution < 1.29 is 4.79 Å². The molecule has 2 rings (SSSR count). The van der Waals surface area contributed by atoms with Crippen LogP contribution in [0.4, 0.5) is 10.9 Å². The molecule has 20 heavy (non-hydrogen) atoms. The number of hydrogen-bond acceptors (Lipinski definition) is 5. The zero-order chi connectivity index (χ0) is 14.7. The molecule has 0 saturated heterocycles. The highest BCUT2D eigenvalue weighted by molar-refractivity contribution is 7.18. The van der Waals surface area contributed by atoms with E-state index < -0.39 is 0 Å². The normalized spacial score (nSPS) is 15.2. The third-order valence-electron chi connectivity index (χ3n) is 3.53. The second-order valence-corrected chi connectivity index (χ2v) is 6.74. The first-order valence-electron chi connectivity index (χ1n) is 7.33. The van der Waals surface area contributed by atoms with Gasteiger partial charge in [-0.15, -0.1) is 0 Å². The molecule has 0 aliphatic heterocycles. The molecule has 0 unspecified atom stereocenters. The van der Waals surface area contributed by atoms with Crippen molar-refractivity contribution in [1.29, 1.82) is 0 Å². The number of carbonyl (C=O) groups excluding carboxylic acids is 1. The van der Waals surface area contributed by atoms with E-state index in [1.807, 2.05) is 11.8 Å². The van der Waals surface area contributed by atoms with Crippen LogP contribution in [0.2, 0.25) is 0 Å². The van der Waals surface area contributed by atoms with Gasteiger partial charge in [-0.1, -0.05) is 25.2 Å². The molecule has 1 aromatic heterocycles. The summed E-state index contributed by atoms with van der Waals surface area (Å²) in [4.78, 5) is 19.2. The molecule has 0 aromatic carbocycles. The van der Waals surface area contributed by atoms with Crippen LogP contribution in [0.3, 0.4) is 0 Å². The van der Waals surface area contributed by atoms with Gasteiger partial charge in [0.25, 0.3) is 5.91 Å². The number of nitrogens with two attached hydrogens (primary N) is 1. The minimum atomic E-state index is -0.00198. The Morgan fingerprint density at radius 3 is 2.75 bits per heavy atom. The zero-order valence-electron chi connectivity index (χ0n) is 12.5. The number of hydrogen-bond donors (Lipinski definition) is 2. The van der Waals surface area contributed by atoms with Crippen molar-refractivity contribution >= 4 is 28.2 Å². The highest BCUT2D eigenvalue weighted by atomic mass is 32.1. The number of nitrogens with one attached hydrogen (secondary N) is 1. The molecule has 0 spiro atoms. The van der Waals surface area contributed by atoms with Crippen LogP contribution in [-0.2, 0) is 0 Å². The monoisotopic (exact) mass is 296 g/mol. The van der Waals surface area contributed by atoms with Gasteiger partial charge in [-0.05, 0) is 32.1 Å². The summed E-state index contributed by atoms with van der Waals surface area (Å²) in [6, 6.07) is 0.501. The lowest BCUT2D eigenvalue weighted by atomic mass is 9.93. The van der Waals surface area contributed by atoms with E-state index in [1.54, 1.807) is 0 Å². The van der Waals surface area contributed by atoms with Crippen LogP contribution in [0.5, 0.6) is 0 Å². The molecule has 5 nitrogen and oxygen atoms in total. The van der Waals surface area contributed by atoms with Gasteiger partial charge in [-0.25, -0.2) is 4.98 Å². The van der Waals surface area contributed by atoms with Crippen molar-refractivity contribution in [2.45, 2.75) is 46.1 Å². The maximum atomic E-state index is 12.5. The molecule has 112 valence electrons. The number of nitrogen functional groups attached to an aromatic ring is 1. The minimum Gasteiger partial charge on any atom is -0.382 e. The summed E-state index contributed by atoms with van der Waals surface area (Å²) in [6.45, 7) is 7.65. The van der Waals surface area contributed by atoms with Gasteiger partial charge in [-0.3, -0.25) is 4.79 Å². The Hall–Kier alpha value is -1.30. The summed E-state index contributed by atoms with van der Waals surface area (Å²) in [7, 11) is 0. The van der Waals surface area contributed by atoms with Crippen molar-refractivity contribution in [1.82, 2.24) is 9.88 Å². The fraction of sp³-hybridized carbons (Fsp3) is 0.714. The van der Waals surface area contributed by atoms with E-state index >= 15 is 0 Å². The van der Waals surface area contributed by atoms with Crippen molar-refractivity contribution in [3.63, 3.8) is 0 Å². The number of nitrogens with zero attached hydrogens (tertiary/aromatic N) is 2. The summed E-state index contributed by atoms with van der Waals surface area (Å²) in [5.74, 6) is 0.794. The van der Waals surface area contributed by atoms with E-state index in [0.717, 1.165) is 11.7 Å². The van der Waals surface area contributed by atoms with Crippen LogP contribution in [0.1, 0.15) is 49.7 Å². The van der Waals surface area contributed by atoms with E-state index in [4.69, 9.17) is 5.73 Å². The van der Waals surface area contributed by atoms with Gasteiger partial charge in [0.1, 0.15) is 10.7 Å². The van der Waals surface area contributed by atoms with Gasteiger partial charge in [0.05, 0.1) is 0 Å². The second-order valence-electron chi connectivity index (χ2n) is 5.74. The van der Waals surface area contributed by atoms with Crippen LogP contribution in [0.25, 0.3) is 0 Å². The summed E-state index contributed by atoms with van der Waals surface area (Å²) < 4.78 is 0. The van der Waals surface area contributed by atoms with Crippen molar-refractivity contribution in [3.05, 3.63) is 4.88 Å². The Morgan fingerprint density at radius 1 is 1.55 bits per heavy atom. The van der Waals surface area contributed by atoms with Gasteiger partial charge < -0.3 is 16.0 Å². The van der Waals surface area contributed by atoms with Crippen LogP contribution in [0, 0.1) is 5.92 Å². The summed E-state index contributed by atoms with van der Waals surface area (Å²) in [5, 5.41) is 4.12. The number of aromatic nitrogens is 1. The minimum absolute atomic E-state index is 0.00198. The molecule has 1 aliphatic rings. The van der Waals surface area contributed by atoms with Crippen LogP contribution < -0.4 is 11.1 Å². The molecule has 1 fully saturated rings. The molecule has 6 heteroatoms. The Bertz CT molecular complexity index is 468. The second kappa shape index (κ2) is 6.43. The topological polar surface area (TPSA) is 71.2 Å². The number of amides is 1. The lowest BCUT2D eigenvalue weighted by molar-refractivity contribution is 0.0751. The Morgan fingerprint density at radius 2 is 2.25 bits per heavy atom. The fourth-order valence-electron chi connectivity index (χ4n) is 2.21. The van der Waals surface area contributed by atoms with E-state index in [2.05, 4.69) is 24.1 Å². The summed E-state index contributed by atoms with van der Waals surface area (Å²) >= 11 is 1.38. The predicted molar refractivity (Wildman–Crippen MR) is 84.2 cm³/mol. The quantitative estimate of drug-likeness (QED) is 0.847. The number of carbonyl (C=O) groups is 1. The van der Waals surface area contributed by atoms with Crippen LogP contribution in [0.15, 0.2) is 0 Å². The molecule has 1 heterocycles. The predicted octanol–water partition coefficient (Wildman–Crippen LogP) is 2.81. The Balaban J connectivity index is 2.07. The SMILES string of the molecule is CCN(CC(C)C)C(=O)c1sc(NC2CCC2)nc1N. The van der Waals surface area contributed by atoms with Crippen LogP contribution >= 0.6 is 11.3 Å². The maximum absolute atomic E-state index is 12.5. The zero-order valence-corrected chi connectivity index (χ0v) is 13.3. The molecule has 1 aromatic rings. The third-order valence-corrected chi connectivity index (χ3v) is 4.53. The lowest BCUT2D eigenvalue weighted by Crippen LogP contribution is -2.33. The first-order valence-corrected chi connectivity index (χ1v) is 8.15. The third kappa shape index (κ3) is 3.42. The molecule has 3 N–H and O–H groups in total. The van der Waals surface area contributed by atoms with Gasteiger partial charge in [-0.2, -0.15) is 0 Å². The Labute approximate surface area is 124 Å². The number of anilines is 2. The summed E-state index contributed by atoms with van der Waals surface area (Å²) in [6.07, 6.45) is 3.62. The average Bonchev–Trinajstić information content (AvgIpc) is 2.71. The van der Waals surface area contributed by atoms with Crippen molar-refractivity contribution in [2.75, 3.05) is 24.1 Å². The van der Waals surface area contributed by atoms with Gasteiger partial charge in [0.2, 0.25) is 0 Å². The molecule has 0 bridgehead atoms. The number of thiazole rings is 1. The van der Waals surface area contributed by atoms with Gasteiger partial charge >= 0.3 is 0 Å². The Kier molecular flexibility index (Phi) is 4.86. The number of rotatable bonds is 6. The fourth-order valence-corrected chi connectivity index (χ4v) is 3.14. The molecule has 0 radical (unpaired) electrons. The van der Waals surface area contributed by atoms with Crippen molar-refractivity contribution in [2.24, 2.45) is 5.92 Å². The lowest BCUT2D eigenvalue weighted by Gasteiger charge is -2.25. The standard InChI is InChI=1S/C14H24N4OS/c1-4-18(8-9(2)3)13(19)11-12(15)17-14(20-11)16-10-6-5-7-10/h9-10H,4-8,15H2,1-3H3,(H,16,17). The van der Waals surface area contributed by atoms with Crippen LogP contribution in [-0.4, -0.2) is 34.9 Å². The molecule has 1 saturated carbocycles. The summed E-state index contributed by atoms with van der Waals surface area (Å²) in [5.41, 5.74) is 5.91. The highest BCUT2D eigenvalue weighted by Gasteiger charge is 2.24. The molecule has 1 aliphatic carbocycles. The molecular weight excluding hydrogens is 272 g/mol. The first-order chi connectivity index (χ1) is 9.51. The van der Waals surface area contributed by atoms with Crippen molar-refractivity contribution in [3.8, 4) is 0 Å². The molecular formula is C14H24N4OS. The van der Waals surface area contributed by atoms with E-state index in [1.165, 1.54) is 30.6 Å². The van der Waals surface area contributed by atoms with E-state index in [-0.39, 0.29) is 5.91 Å². The smallest absolute Gasteiger partial charge is 0.267 e. The maximum Gasteiger partial charge on any atom is 0.267 e. The highest BCUT2D eigenvalue weighted by Crippen LogP contribution is 2.30.